The van der Waals surface area contributed by atoms with Crippen LogP contribution in [0.15, 0.2) is 59.3 Å². The monoisotopic (exact) mass is 350 g/mol. The molecule has 7 nitrogen and oxygen atoms in total. The van der Waals surface area contributed by atoms with Crippen molar-refractivity contribution in [1.29, 1.82) is 0 Å². The van der Waals surface area contributed by atoms with E-state index in [0.29, 0.717) is 30.6 Å². The third-order valence-electron chi connectivity index (χ3n) is 4.34. The van der Waals surface area contributed by atoms with Crippen LogP contribution in [-0.4, -0.2) is 45.7 Å². The van der Waals surface area contributed by atoms with Crippen molar-refractivity contribution in [2.24, 2.45) is 0 Å². The molecule has 1 aromatic carbocycles. The molecule has 1 aliphatic heterocycles. The quantitative estimate of drug-likeness (QED) is 0.703. The molecule has 0 spiro atoms. The van der Waals surface area contributed by atoms with E-state index in [4.69, 9.17) is 9.15 Å². The molecule has 0 saturated carbocycles. The van der Waals surface area contributed by atoms with Crippen molar-refractivity contribution in [1.82, 2.24) is 20.1 Å². The largest absolute Gasteiger partial charge is 0.484 e. The minimum atomic E-state index is -0.0386. The zero-order valence-corrected chi connectivity index (χ0v) is 14.1. The SMILES string of the molecule is O=C(COc1ccccc1)N1CC[C@H](c2nnc(-c3cccnc3)o2)C1. The minimum Gasteiger partial charge on any atom is -0.484 e. The standard InChI is InChI=1S/C19H18N4O3/c24-17(13-25-16-6-2-1-3-7-16)23-10-8-15(12-23)19-22-21-18(26-19)14-5-4-9-20-11-14/h1-7,9,11,15H,8,10,12-13H2/t15-/m0/s1. The second-order valence-electron chi connectivity index (χ2n) is 6.11. The molecule has 1 aliphatic rings. The van der Waals surface area contributed by atoms with Gasteiger partial charge in [-0.05, 0) is 30.7 Å². The minimum absolute atomic E-state index is 0.0293. The average molecular weight is 350 g/mol. The maximum Gasteiger partial charge on any atom is 0.260 e. The van der Waals surface area contributed by atoms with Gasteiger partial charge in [0.25, 0.3) is 5.91 Å². The first kappa shape index (κ1) is 16.3. The first-order valence-corrected chi connectivity index (χ1v) is 8.49. The number of amides is 1. The Bertz CT molecular complexity index is 867. The Balaban J connectivity index is 1.35. The lowest BCUT2D eigenvalue weighted by molar-refractivity contribution is -0.132. The van der Waals surface area contributed by atoms with Crippen molar-refractivity contribution >= 4 is 5.91 Å². The molecule has 1 fully saturated rings. The van der Waals surface area contributed by atoms with Gasteiger partial charge in [-0.2, -0.15) is 0 Å². The van der Waals surface area contributed by atoms with Crippen LogP contribution in [0.4, 0.5) is 0 Å². The van der Waals surface area contributed by atoms with Crippen LogP contribution < -0.4 is 4.74 Å². The van der Waals surface area contributed by atoms with Gasteiger partial charge < -0.3 is 14.1 Å². The van der Waals surface area contributed by atoms with Crippen LogP contribution in [0.5, 0.6) is 5.75 Å². The molecule has 2 aromatic heterocycles. The zero-order valence-electron chi connectivity index (χ0n) is 14.1. The summed E-state index contributed by atoms with van der Waals surface area (Å²) in [7, 11) is 0. The Morgan fingerprint density at radius 1 is 1.19 bits per heavy atom. The molecule has 0 radical (unpaired) electrons. The lowest BCUT2D eigenvalue weighted by Gasteiger charge is -2.16. The topological polar surface area (TPSA) is 81.4 Å². The molecule has 4 rings (SSSR count). The highest BCUT2D eigenvalue weighted by molar-refractivity contribution is 5.78. The number of carbonyl (C=O) groups is 1. The highest BCUT2D eigenvalue weighted by Gasteiger charge is 2.31. The number of para-hydroxylation sites is 1. The summed E-state index contributed by atoms with van der Waals surface area (Å²) in [5, 5.41) is 8.24. The molecule has 3 aromatic rings. The Labute approximate surface area is 150 Å². The summed E-state index contributed by atoms with van der Waals surface area (Å²) < 4.78 is 11.3. The highest BCUT2D eigenvalue weighted by atomic mass is 16.5. The number of hydrogen-bond donors (Lipinski definition) is 0. The van der Waals surface area contributed by atoms with Gasteiger partial charge in [-0.25, -0.2) is 0 Å². The third-order valence-corrected chi connectivity index (χ3v) is 4.34. The number of hydrogen-bond acceptors (Lipinski definition) is 6. The number of carbonyl (C=O) groups excluding carboxylic acids is 1. The second kappa shape index (κ2) is 7.35. The fourth-order valence-electron chi connectivity index (χ4n) is 2.95. The lowest BCUT2D eigenvalue weighted by Crippen LogP contribution is -2.32. The highest BCUT2D eigenvalue weighted by Crippen LogP contribution is 2.28. The summed E-state index contributed by atoms with van der Waals surface area (Å²) in [5.74, 6) is 1.71. The lowest BCUT2D eigenvalue weighted by atomic mass is 10.1. The Morgan fingerprint density at radius 3 is 2.88 bits per heavy atom. The van der Waals surface area contributed by atoms with E-state index >= 15 is 0 Å². The number of nitrogens with zero attached hydrogens (tertiary/aromatic N) is 4. The van der Waals surface area contributed by atoms with Crippen molar-refractivity contribution in [3.05, 3.63) is 60.7 Å². The predicted octanol–water partition coefficient (Wildman–Crippen LogP) is 2.53. The molecule has 26 heavy (non-hydrogen) atoms. The smallest absolute Gasteiger partial charge is 0.260 e. The van der Waals surface area contributed by atoms with E-state index in [-0.39, 0.29) is 18.4 Å². The van der Waals surface area contributed by atoms with Gasteiger partial charge >= 0.3 is 0 Å². The first-order chi connectivity index (χ1) is 12.8. The third kappa shape index (κ3) is 3.56. The van der Waals surface area contributed by atoms with E-state index < -0.39 is 0 Å². The molecule has 0 bridgehead atoms. The van der Waals surface area contributed by atoms with Gasteiger partial charge in [0.15, 0.2) is 6.61 Å². The predicted molar refractivity (Wildman–Crippen MR) is 93.4 cm³/mol. The van der Waals surface area contributed by atoms with Crippen LogP contribution in [0, 0.1) is 0 Å². The normalized spacial score (nSPS) is 16.6. The van der Waals surface area contributed by atoms with Gasteiger partial charge in [-0.15, -0.1) is 10.2 Å². The maximum atomic E-state index is 12.3. The van der Waals surface area contributed by atoms with Gasteiger partial charge in [-0.3, -0.25) is 9.78 Å². The summed E-state index contributed by atoms with van der Waals surface area (Å²) >= 11 is 0. The van der Waals surface area contributed by atoms with Crippen LogP contribution in [-0.2, 0) is 4.79 Å². The van der Waals surface area contributed by atoms with E-state index in [1.54, 1.807) is 17.3 Å². The van der Waals surface area contributed by atoms with E-state index in [0.717, 1.165) is 12.0 Å². The molecule has 0 aliphatic carbocycles. The zero-order chi connectivity index (χ0) is 17.8. The van der Waals surface area contributed by atoms with Gasteiger partial charge in [0.05, 0.1) is 11.5 Å². The molecule has 1 saturated heterocycles. The van der Waals surface area contributed by atoms with Crippen LogP contribution in [0.1, 0.15) is 18.2 Å². The number of pyridine rings is 1. The molecule has 0 unspecified atom stereocenters. The molecule has 0 N–H and O–H groups in total. The Hall–Kier alpha value is -3.22. The fourth-order valence-corrected chi connectivity index (χ4v) is 2.95. The van der Waals surface area contributed by atoms with Crippen LogP contribution in [0.2, 0.25) is 0 Å². The number of ether oxygens (including phenoxy) is 1. The van der Waals surface area contributed by atoms with Gasteiger partial charge in [0.2, 0.25) is 11.8 Å². The second-order valence-corrected chi connectivity index (χ2v) is 6.11. The summed E-state index contributed by atoms with van der Waals surface area (Å²) in [4.78, 5) is 18.2. The fraction of sp³-hybridized carbons (Fsp3) is 0.263. The summed E-state index contributed by atoms with van der Waals surface area (Å²) in [6.07, 6.45) is 4.17. The van der Waals surface area contributed by atoms with E-state index in [9.17, 15) is 4.79 Å². The molecule has 7 heteroatoms. The van der Waals surface area contributed by atoms with Crippen molar-refractivity contribution in [3.8, 4) is 17.2 Å². The van der Waals surface area contributed by atoms with Gasteiger partial charge in [0.1, 0.15) is 5.75 Å². The molecule has 1 amide bonds. The molecule has 1 atom stereocenters. The van der Waals surface area contributed by atoms with Crippen molar-refractivity contribution in [3.63, 3.8) is 0 Å². The summed E-state index contributed by atoms with van der Waals surface area (Å²) in [6, 6.07) is 13.0. The Morgan fingerprint density at radius 2 is 2.08 bits per heavy atom. The molecule has 132 valence electrons. The maximum absolute atomic E-state index is 12.3. The average Bonchev–Trinajstić information content (AvgIpc) is 3.37. The van der Waals surface area contributed by atoms with Crippen LogP contribution in [0.25, 0.3) is 11.5 Å². The number of rotatable bonds is 5. The number of aromatic nitrogens is 3. The van der Waals surface area contributed by atoms with Crippen molar-refractivity contribution in [2.45, 2.75) is 12.3 Å². The number of benzene rings is 1. The van der Waals surface area contributed by atoms with Crippen LogP contribution in [0.3, 0.4) is 0 Å². The van der Waals surface area contributed by atoms with Crippen molar-refractivity contribution in [2.75, 3.05) is 19.7 Å². The number of likely N-dealkylation sites (tertiary alicyclic amines) is 1. The van der Waals surface area contributed by atoms with Crippen molar-refractivity contribution < 1.29 is 13.9 Å². The van der Waals surface area contributed by atoms with Gasteiger partial charge in [0, 0.05) is 25.5 Å². The van der Waals surface area contributed by atoms with E-state index in [2.05, 4.69) is 15.2 Å². The first-order valence-electron chi connectivity index (χ1n) is 8.49. The van der Waals surface area contributed by atoms with Crippen LogP contribution >= 0.6 is 0 Å². The van der Waals surface area contributed by atoms with E-state index in [1.165, 1.54) is 0 Å². The van der Waals surface area contributed by atoms with E-state index in [1.807, 2.05) is 42.5 Å². The molecular formula is C19H18N4O3. The summed E-state index contributed by atoms with van der Waals surface area (Å²) in [5.41, 5.74) is 0.786. The molecule has 3 heterocycles. The summed E-state index contributed by atoms with van der Waals surface area (Å²) in [6.45, 7) is 1.25. The Kier molecular flexibility index (Phi) is 4.59. The molecular weight excluding hydrogens is 332 g/mol. The van der Waals surface area contributed by atoms with Gasteiger partial charge in [-0.1, -0.05) is 18.2 Å².